The van der Waals surface area contributed by atoms with Crippen molar-refractivity contribution in [2.45, 2.75) is 13.8 Å². The molecule has 0 amide bonds. The van der Waals surface area contributed by atoms with Crippen molar-refractivity contribution in [1.29, 1.82) is 0 Å². The van der Waals surface area contributed by atoms with Crippen LogP contribution in [0.1, 0.15) is 23.1 Å². The second kappa shape index (κ2) is 5.26. The molecule has 0 aliphatic heterocycles. The maximum absolute atomic E-state index is 11.4. The average Bonchev–Trinajstić information content (AvgIpc) is 2.40. The van der Waals surface area contributed by atoms with Crippen LogP contribution in [0, 0.1) is 6.92 Å². The molecule has 2 heterocycles. The fraction of sp³-hybridized carbons (Fsp3) is 0.273. The zero-order chi connectivity index (χ0) is 13.0. The van der Waals surface area contributed by atoms with Gasteiger partial charge in [-0.1, -0.05) is 0 Å². The molecule has 0 aliphatic rings. The van der Waals surface area contributed by atoms with Gasteiger partial charge < -0.3 is 4.74 Å². The number of esters is 1. The highest BCUT2D eigenvalue weighted by Gasteiger charge is 2.09. The predicted octanol–water partition coefficient (Wildman–Crippen LogP) is 0.814. The number of carbonyl (C=O) groups excluding carboxylic acids is 1. The Morgan fingerprint density at radius 1 is 1.22 bits per heavy atom. The summed E-state index contributed by atoms with van der Waals surface area (Å²) in [6.07, 6.45) is 1.41. The van der Waals surface area contributed by atoms with Crippen LogP contribution in [0.15, 0.2) is 18.3 Å². The monoisotopic (exact) mass is 245 g/mol. The molecular formula is C11H11N5O2. The van der Waals surface area contributed by atoms with E-state index in [1.807, 2.05) is 0 Å². The van der Waals surface area contributed by atoms with Crippen molar-refractivity contribution in [3.63, 3.8) is 0 Å². The molecule has 7 nitrogen and oxygen atoms in total. The van der Waals surface area contributed by atoms with Crippen LogP contribution in [0.4, 0.5) is 0 Å². The van der Waals surface area contributed by atoms with Gasteiger partial charge in [-0.3, -0.25) is 4.98 Å². The van der Waals surface area contributed by atoms with Crippen LogP contribution in [-0.4, -0.2) is 38.0 Å². The minimum Gasteiger partial charge on any atom is -0.462 e. The van der Waals surface area contributed by atoms with Crippen LogP contribution in [0.25, 0.3) is 11.5 Å². The smallest absolute Gasteiger partial charge is 0.339 e. The number of aromatic nitrogens is 5. The number of carbonyl (C=O) groups is 1. The van der Waals surface area contributed by atoms with Gasteiger partial charge in [0.1, 0.15) is 5.69 Å². The Balaban J connectivity index is 2.22. The summed E-state index contributed by atoms with van der Waals surface area (Å²) in [6, 6.07) is 3.23. The first-order chi connectivity index (χ1) is 8.70. The second-order valence-electron chi connectivity index (χ2n) is 3.42. The summed E-state index contributed by atoms with van der Waals surface area (Å²) < 4.78 is 4.85. The first kappa shape index (κ1) is 12.0. The lowest BCUT2D eigenvalue weighted by molar-refractivity contribution is 0.0526. The number of nitrogens with zero attached hydrogens (tertiary/aromatic N) is 5. The highest BCUT2D eigenvalue weighted by molar-refractivity contribution is 5.89. The molecule has 0 aromatic carbocycles. The molecule has 18 heavy (non-hydrogen) atoms. The van der Waals surface area contributed by atoms with Crippen molar-refractivity contribution in [1.82, 2.24) is 25.4 Å². The van der Waals surface area contributed by atoms with Gasteiger partial charge in [0.05, 0.1) is 12.2 Å². The molecule has 7 heteroatoms. The van der Waals surface area contributed by atoms with E-state index >= 15 is 0 Å². The quantitative estimate of drug-likeness (QED) is 0.739. The van der Waals surface area contributed by atoms with Gasteiger partial charge in [0.25, 0.3) is 0 Å². The molecular weight excluding hydrogens is 234 g/mol. The second-order valence-corrected chi connectivity index (χ2v) is 3.42. The first-order valence-corrected chi connectivity index (χ1v) is 5.38. The normalized spacial score (nSPS) is 10.1. The maximum atomic E-state index is 11.4. The number of hydrogen-bond acceptors (Lipinski definition) is 7. The van der Waals surface area contributed by atoms with E-state index in [0.717, 1.165) is 0 Å². The number of ether oxygens (including phenoxy) is 1. The number of hydrogen-bond donors (Lipinski definition) is 0. The van der Waals surface area contributed by atoms with E-state index in [0.29, 0.717) is 29.5 Å². The molecule has 0 saturated heterocycles. The third kappa shape index (κ3) is 2.62. The van der Waals surface area contributed by atoms with Gasteiger partial charge >= 0.3 is 5.97 Å². The van der Waals surface area contributed by atoms with Crippen molar-refractivity contribution >= 4 is 5.97 Å². The SMILES string of the molecule is CCOC(=O)c1ccc(-c2nnc(C)nn2)nc1. The summed E-state index contributed by atoms with van der Waals surface area (Å²) in [4.78, 5) is 15.5. The van der Waals surface area contributed by atoms with Crippen molar-refractivity contribution in [2.75, 3.05) is 6.61 Å². The zero-order valence-corrected chi connectivity index (χ0v) is 9.99. The lowest BCUT2D eigenvalue weighted by Crippen LogP contribution is -2.05. The van der Waals surface area contributed by atoms with Crippen LogP contribution >= 0.6 is 0 Å². The fourth-order valence-electron chi connectivity index (χ4n) is 1.24. The molecule has 0 spiro atoms. The van der Waals surface area contributed by atoms with Crippen LogP contribution < -0.4 is 0 Å². The minimum absolute atomic E-state index is 0.316. The molecule has 0 bridgehead atoms. The van der Waals surface area contributed by atoms with E-state index < -0.39 is 5.97 Å². The summed E-state index contributed by atoms with van der Waals surface area (Å²) in [7, 11) is 0. The average molecular weight is 245 g/mol. The van der Waals surface area contributed by atoms with E-state index in [4.69, 9.17) is 4.74 Å². The Morgan fingerprint density at radius 3 is 2.50 bits per heavy atom. The fourth-order valence-corrected chi connectivity index (χ4v) is 1.24. The van der Waals surface area contributed by atoms with Crippen LogP contribution in [-0.2, 0) is 4.74 Å². The Labute approximate surface area is 103 Å². The van der Waals surface area contributed by atoms with Crippen molar-refractivity contribution in [3.05, 3.63) is 29.7 Å². The summed E-state index contributed by atoms with van der Waals surface area (Å²) >= 11 is 0. The van der Waals surface area contributed by atoms with Gasteiger partial charge in [0.2, 0.25) is 5.82 Å². The van der Waals surface area contributed by atoms with Crippen LogP contribution in [0.2, 0.25) is 0 Å². The third-order valence-electron chi connectivity index (χ3n) is 2.08. The Hall–Kier alpha value is -2.44. The standard InChI is InChI=1S/C11H11N5O2/c1-3-18-11(17)8-4-5-9(12-6-8)10-15-13-7(2)14-16-10/h4-6H,3H2,1-2H3. The van der Waals surface area contributed by atoms with E-state index in [9.17, 15) is 4.79 Å². The lowest BCUT2D eigenvalue weighted by Gasteiger charge is -2.02. The molecule has 2 aromatic heterocycles. The first-order valence-electron chi connectivity index (χ1n) is 5.38. The molecule has 0 saturated carbocycles. The third-order valence-corrected chi connectivity index (χ3v) is 2.08. The summed E-state index contributed by atoms with van der Waals surface area (Å²) in [5.41, 5.74) is 0.886. The van der Waals surface area contributed by atoms with Gasteiger partial charge in [-0.25, -0.2) is 4.79 Å². The summed E-state index contributed by atoms with van der Waals surface area (Å²) in [5.74, 6) is 0.399. The van der Waals surface area contributed by atoms with Crippen molar-refractivity contribution in [3.8, 4) is 11.5 Å². The molecule has 0 aliphatic carbocycles. The molecule has 0 unspecified atom stereocenters. The van der Waals surface area contributed by atoms with Gasteiger partial charge in [-0.2, -0.15) is 0 Å². The van der Waals surface area contributed by atoms with E-state index in [-0.39, 0.29) is 0 Å². The van der Waals surface area contributed by atoms with Crippen molar-refractivity contribution in [2.24, 2.45) is 0 Å². The maximum Gasteiger partial charge on any atom is 0.339 e. The molecule has 0 atom stereocenters. The van der Waals surface area contributed by atoms with E-state index in [1.165, 1.54) is 6.20 Å². The topological polar surface area (TPSA) is 90.8 Å². The zero-order valence-electron chi connectivity index (χ0n) is 9.99. The molecule has 0 fully saturated rings. The Morgan fingerprint density at radius 2 is 1.94 bits per heavy atom. The van der Waals surface area contributed by atoms with E-state index in [1.54, 1.807) is 26.0 Å². The van der Waals surface area contributed by atoms with Gasteiger partial charge in [-0.05, 0) is 26.0 Å². The minimum atomic E-state index is -0.405. The van der Waals surface area contributed by atoms with E-state index in [2.05, 4.69) is 25.4 Å². The van der Waals surface area contributed by atoms with Gasteiger partial charge in [-0.15, -0.1) is 20.4 Å². The molecule has 0 radical (unpaired) electrons. The molecule has 0 N–H and O–H groups in total. The molecule has 2 aromatic rings. The highest BCUT2D eigenvalue weighted by Crippen LogP contribution is 2.10. The van der Waals surface area contributed by atoms with Crippen molar-refractivity contribution < 1.29 is 9.53 Å². The molecule has 92 valence electrons. The largest absolute Gasteiger partial charge is 0.462 e. The number of rotatable bonds is 3. The Kier molecular flexibility index (Phi) is 3.52. The van der Waals surface area contributed by atoms with Crippen LogP contribution in [0.3, 0.4) is 0 Å². The summed E-state index contributed by atoms with van der Waals surface area (Å²) in [6.45, 7) is 3.77. The predicted molar refractivity (Wildman–Crippen MR) is 61.5 cm³/mol. The number of pyridine rings is 1. The van der Waals surface area contributed by atoms with Crippen LogP contribution in [0.5, 0.6) is 0 Å². The summed E-state index contributed by atoms with van der Waals surface area (Å²) in [5, 5.41) is 15.3. The molecule has 2 rings (SSSR count). The highest BCUT2D eigenvalue weighted by atomic mass is 16.5. The lowest BCUT2D eigenvalue weighted by atomic mass is 10.2. The van der Waals surface area contributed by atoms with Gasteiger partial charge in [0.15, 0.2) is 5.82 Å². The number of aryl methyl sites for hydroxylation is 1. The van der Waals surface area contributed by atoms with Gasteiger partial charge in [0, 0.05) is 6.20 Å². The Bertz CT molecular complexity index is 538.